The highest BCUT2D eigenvalue weighted by atomic mass is 16.2. The second kappa shape index (κ2) is 5.93. The van der Waals surface area contributed by atoms with Crippen molar-refractivity contribution in [2.45, 2.75) is 38.8 Å². The Morgan fingerprint density at radius 2 is 2.26 bits per heavy atom. The van der Waals surface area contributed by atoms with Crippen LogP contribution in [-0.2, 0) is 9.59 Å². The minimum atomic E-state index is -0.420. The van der Waals surface area contributed by atoms with Gasteiger partial charge in [-0.15, -0.1) is 0 Å². The van der Waals surface area contributed by atoms with Gasteiger partial charge < -0.3 is 0 Å². The molecule has 1 saturated heterocycles. The largest absolute Gasteiger partial charge is 0.297 e. The fraction of sp³-hybridized carbons (Fsp3) is 0.500. The summed E-state index contributed by atoms with van der Waals surface area (Å²) >= 11 is 0. The molecule has 2 rings (SSSR count). The van der Waals surface area contributed by atoms with Crippen molar-refractivity contribution in [2.75, 3.05) is 6.54 Å². The first kappa shape index (κ1) is 13.7. The zero-order valence-electron chi connectivity index (χ0n) is 11.3. The Bertz CT molecular complexity index is 461. The monoisotopic (exact) mass is 261 g/mol. The van der Waals surface area contributed by atoms with Crippen molar-refractivity contribution in [3.8, 4) is 0 Å². The van der Waals surface area contributed by atoms with Gasteiger partial charge in [-0.05, 0) is 25.5 Å². The number of hydrogen-bond acceptors (Lipinski definition) is 4. The highest BCUT2D eigenvalue weighted by molar-refractivity contribution is 6.05. The highest BCUT2D eigenvalue weighted by Gasteiger charge is 2.38. The molecule has 1 aliphatic rings. The second-order valence-electron chi connectivity index (χ2n) is 4.78. The van der Waals surface area contributed by atoms with Gasteiger partial charge in [-0.3, -0.25) is 24.8 Å². The van der Waals surface area contributed by atoms with Crippen molar-refractivity contribution < 1.29 is 9.59 Å². The van der Waals surface area contributed by atoms with Crippen molar-refractivity contribution in [2.24, 2.45) is 0 Å². The van der Waals surface area contributed by atoms with Gasteiger partial charge in [0.2, 0.25) is 11.8 Å². The van der Waals surface area contributed by atoms with Gasteiger partial charge >= 0.3 is 0 Å². The minimum Gasteiger partial charge on any atom is -0.297 e. The average molecular weight is 261 g/mol. The molecule has 0 saturated carbocycles. The Morgan fingerprint density at radius 1 is 1.47 bits per heavy atom. The number of nitrogens with one attached hydrogen (secondary N) is 1. The van der Waals surface area contributed by atoms with Crippen LogP contribution in [0.5, 0.6) is 0 Å². The van der Waals surface area contributed by atoms with Gasteiger partial charge in [-0.25, -0.2) is 0 Å². The summed E-state index contributed by atoms with van der Waals surface area (Å²) in [5.74, 6) is -0.202. The summed E-state index contributed by atoms with van der Waals surface area (Å²) < 4.78 is 0. The third kappa shape index (κ3) is 2.98. The van der Waals surface area contributed by atoms with Crippen LogP contribution in [0.4, 0.5) is 0 Å². The SMILES string of the molecule is CCCN1C(=O)CC(NC(C)c2ccccn2)C1=O. The number of imide groups is 1. The molecule has 1 aromatic heterocycles. The van der Waals surface area contributed by atoms with Crippen LogP contribution in [0.2, 0.25) is 0 Å². The summed E-state index contributed by atoms with van der Waals surface area (Å²) in [6.45, 7) is 4.41. The van der Waals surface area contributed by atoms with Crippen LogP contribution in [0.25, 0.3) is 0 Å². The summed E-state index contributed by atoms with van der Waals surface area (Å²) in [6.07, 6.45) is 2.76. The van der Waals surface area contributed by atoms with E-state index < -0.39 is 6.04 Å². The number of likely N-dealkylation sites (tertiary alicyclic amines) is 1. The molecule has 2 amide bonds. The number of carbonyl (C=O) groups is 2. The molecular formula is C14H19N3O2. The van der Waals surface area contributed by atoms with Crippen LogP contribution in [0.15, 0.2) is 24.4 Å². The van der Waals surface area contributed by atoms with E-state index in [2.05, 4.69) is 10.3 Å². The molecule has 5 heteroatoms. The Morgan fingerprint density at radius 3 is 2.89 bits per heavy atom. The van der Waals surface area contributed by atoms with Crippen molar-refractivity contribution in [1.82, 2.24) is 15.2 Å². The molecule has 1 N–H and O–H groups in total. The molecule has 2 atom stereocenters. The Kier molecular flexibility index (Phi) is 4.27. The summed E-state index contributed by atoms with van der Waals surface area (Å²) in [7, 11) is 0. The number of carbonyl (C=O) groups excluding carboxylic acids is 2. The van der Waals surface area contributed by atoms with Crippen LogP contribution in [-0.4, -0.2) is 34.3 Å². The maximum atomic E-state index is 12.1. The highest BCUT2D eigenvalue weighted by Crippen LogP contribution is 2.17. The number of rotatable bonds is 5. The minimum absolute atomic E-state index is 0.0514. The predicted octanol–water partition coefficient (Wildman–Crippen LogP) is 1.27. The van der Waals surface area contributed by atoms with E-state index >= 15 is 0 Å². The van der Waals surface area contributed by atoms with E-state index in [4.69, 9.17) is 0 Å². The first-order valence-electron chi connectivity index (χ1n) is 6.64. The van der Waals surface area contributed by atoms with Crippen LogP contribution in [0.3, 0.4) is 0 Å². The van der Waals surface area contributed by atoms with Gasteiger partial charge in [0.05, 0.1) is 18.2 Å². The van der Waals surface area contributed by atoms with Gasteiger partial charge in [0.1, 0.15) is 0 Å². The number of pyridine rings is 1. The topological polar surface area (TPSA) is 62.3 Å². The van der Waals surface area contributed by atoms with E-state index in [-0.39, 0.29) is 24.3 Å². The number of aromatic nitrogens is 1. The quantitative estimate of drug-likeness (QED) is 0.811. The Labute approximate surface area is 113 Å². The molecule has 0 radical (unpaired) electrons. The lowest BCUT2D eigenvalue weighted by molar-refractivity contribution is -0.138. The normalized spacial score (nSPS) is 20.9. The maximum absolute atomic E-state index is 12.1. The van der Waals surface area contributed by atoms with Crippen molar-refractivity contribution in [3.05, 3.63) is 30.1 Å². The molecule has 2 heterocycles. The molecule has 1 aromatic rings. The van der Waals surface area contributed by atoms with E-state index in [1.165, 1.54) is 4.90 Å². The number of nitrogens with zero attached hydrogens (tertiary/aromatic N) is 2. The second-order valence-corrected chi connectivity index (χ2v) is 4.78. The fourth-order valence-electron chi connectivity index (χ4n) is 2.29. The Balaban J connectivity index is 2.01. The van der Waals surface area contributed by atoms with E-state index in [1.807, 2.05) is 32.0 Å². The molecule has 102 valence electrons. The zero-order valence-corrected chi connectivity index (χ0v) is 11.3. The molecule has 0 spiro atoms. The summed E-state index contributed by atoms with van der Waals surface area (Å²) in [5.41, 5.74) is 0.872. The molecular weight excluding hydrogens is 242 g/mol. The average Bonchev–Trinajstić information content (AvgIpc) is 2.68. The summed E-state index contributed by atoms with van der Waals surface area (Å²) in [4.78, 5) is 29.4. The smallest absolute Gasteiger partial charge is 0.246 e. The van der Waals surface area contributed by atoms with Crippen molar-refractivity contribution in [3.63, 3.8) is 0 Å². The molecule has 0 aliphatic carbocycles. The van der Waals surface area contributed by atoms with Crippen LogP contribution in [0, 0.1) is 0 Å². The van der Waals surface area contributed by atoms with E-state index in [0.717, 1.165) is 12.1 Å². The fourth-order valence-corrected chi connectivity index (χ4v) is 2.29. The lowest BCUT2D eigenvalue weighted by Gasteiger charge is -2.18. The molecule has 1 aliphatic heterocycles. The van der Waals surface area contributed by atoms with Gasteiger partial charge in [-0.1, -0.05) is 13.0 Å². The molecule has 19 heavy (non-hydrogen) atoms. The van der Waals surface area contributed by atoms with Crippen molar-refractivity contribution >= 4 is 11.8 Å². The lowest BCUT2D eigenvalue weighted by atomic mass is 10.1. The first-order valence-corrected chi connectivity index (χ1v) is 6.64. The number of amides is 2. The van der Waals surface area contributed by atoms with E-state index in [0.29, 0.717) is 6.54 Å². The van der Waals surface area contributed by atoms with E-state index in [1.54, 1.807) is 6.20 Å². The maximum Gasteiger partial charge on any atom is 0.246 e. The van der Waals surface area contributed by atoms with Crippen molar-refractivity contribution in [1.29, 1.82) is 0 Å². The number of hydrogen-bond donors (Lipinski definition) is 1. The van der Waals surface area contributed by atoms with Gasteiger partial charge in [0.25, 0.3) is 0 Å². The van der Waals surface area contributed by atoms with E-state index in [9.17, 15) is 9.59 Å². The first-order chi connectivity index (χ1) is 9.13. The van der Waals surface area contributed by atoms with Crippen LogP contribution >= 0.6 is 0 Å². The molecule has 5 nitrogen and oxygen atoms in total. The molecule has 0 bridgehead atoms. The third-order valence-corrected chi connectivity index (χ3v) is 3.27. The lowest BCUT2D eigenvalue weighted by Crippen LogP contribution is -2.40. The third-order valence-electron chi connectivity index (χ3n) is 3.27. The van der Waals surface area contributed by atoms with Gasteiger partial charge in [-0.2, -0.15) is 0 Å². The van der Waals surface area contributed by atoms with Gasteiger partial charge in [0, 0.05) is 18.8 Å². The molecule has 1 fully saturated rings. The summed E-state index contributed by atoms with van der Waals surface area (Å²) in [6, 6.07) is 5.19. The zero-order chi connectivity index (χ0) is 13.8. The predicted molar refractivity (Wildman–Crippen MR) is 71.2 cm³/mol. The summed E-state index contributed by atoms with van der Waals surface area (Å²) in [5, 5.41) is 3.19. The van der Waals surface area contributed by atoms with Crippen LogP contribution < -0.4 is 5.32 Å². The van der Waals surface area contributed by atoms with Gasteiger partial charge in [0.15, 0.2) is 0 Å². The standard InChI is InChI=1S/C14H19N3O2/c1-3-8-17-13(18)9-12(14(17)19)16-10(2)11-6-4-5-7-15-11/h4-7,10,12,16H,3,8-9H2,1-2H3. The van der Waals surface area contributed by atoms with Crippen LogP contribution in [0.1, 0.15) is 38.4 Å². The molecule has 0 aromatic carbocycles. The molecule has 2 unspecified atom stereocenters. The Hall–Kier alpha value is -1.75.